The van der Waals surface area contributed by atoms with Gasteiger partial charge in [-0.1, -0.05) is 19.8 Å². The Morgan fingerprint density at radius 3 is 2.75 bits per heavy atom. The molecule has 1 saturated carbocycles. The van der Waals surface area contributed by atoms with Gasteiger partial charge >= 0.3 is 6.03 Å². The van der Waals surface area contributed by atoms with Crippen LogP contribution in [0.15, 0.2) is 0 Å². The van der Waals surface area contributed by atoms with Gasteiger partial charge in [0.2, 0.25) is 0 Å². The van der Waals surface area contributed by atoms with Crippen molar-refractivity contribution in [3.05, 3.63) is 0 Å². The molecule has 0 radical (unpaired) electrons. The molecule has 20 heavy (non-hydrogen) atoms. The fourth-order valence-electron chi connectivity index (χ4n) is 2.71. The predicted molar refractivity (Wildman–Crippen MR) is 81.7 cm³/mol. The zero-order valence-corrected chi connectivity index (χ0v) is 13.2. The molecule has 118 valence electrons. The fraction of sp³-hybridized carbons (Fsp3) is 0.933. The van der Waals surface area contributed by atoms with Crippen LogP contribution in [0.4, 0.5) is 4.79 Å². The van der Waals surface area contributed by atoms with Crippen LogP contribution in [0.25, 0.3) is 0 Å². The van der Waals surface area contributed by atoms with E-state index >= 15 is 0 Å². The average molecular weight is 285 g/mol. The zero-order chi connectivity index (χ0) is 15.0. The first-order valence-corrected chi connectivity index (χ1v) is 7.94. The van der Waals surface area contributed by atoms with Gasteiger partial charge in [-0.3, -0.25) is 0 Å². The average Bonchev–Trinajstić information content (AvgIpc) is 2.46. The predicted octanol–water partition coefficient (Wildman–Crippen LogP) is 1.57. The van der Waals surface area contributed by atoms with E-state index in [0.29, 0.717) is 12.6 Å². The van der Waals surface area contributed by atoms with Gasteiger partial charge in [0.1, 0.15) is 0 Å². The molecule has 0 spiro atoms. The minimum Gasteiger partial charge on any atom is -0.396 e. The molecule has 1 rings (SSSR count). The second-order valence-corrected chi connectivity index (χ2v) is 5.97. The van der Waals surface area contributed by atoms with E-state index in [4.69, 9.17) is 0 Å². The Morgan fingerprint density at radius 2 is 2.10 bits per heavy atom. The topological polar surface area (TPSA) is 64.6 Å². The molecule has 5 nitrogen and oxygen atoms in total. The third-order valence-corrected chi connectivity index (χ3v) is 4.55. The Kier molecular flexibility index (Phi) is 7.92. The van der Waals surface area contributed by atoms with Gasteiger partial charge < -0.3 is 20.6 Å². The molecule has 0 aliphatic heterocycles. The van der Waals surface area contributed by atoms with E-state index in [9.17, 15) is 9.90 Å². The highest BCUT2D eigenvalue weighted by atomic mass is 16.3. The number of nitrogens with zero attached hydrogens (tertiary/aromatic N) is 1. The standard InChI is InChI=1S/C15H31N3O2/c1-4-12(2)18(3)10-9-16-15(20)17-14-8-6-5-7-13(14)11-19/h12-14,19H,4-11H2,1-3H3,(H2,16,17,20). The Morgan fingerprint density at radius 1 is 1.40 bits per heavy atom. The molecule has 2 amide bonds. The SMILES string of the molecule is CCC(C)N(C)CCNC(=O)NC1CCCCC1CO. The van der Waals surface area contributed by atoms with Crippen molar-refractivity contribution in [1.29, 1.82) is 0 Å². The maximum absolute atomic E-state index is 11.9. The van der Waals surface area contributed by atoms with E-state index in [1.54, 1.807) is 0 Å². The minimum atomic E-state index is -0.104. The number of nitrogens with one attached hydrogen (secondary N) is 2. The number of hydrogen-bond acceptors (Lipinski definition) is 3. The summed E-state index contributed by atoms with van der Waals surface area (Å²) in [6, 6.07) is 0.561. The third-order valence-electron chi connectivity index (χ3n) is 4.55. The molecule has 0 aromatic rings. The van der Waals surface area contributed by atoms with Crippen LogP contribution in [0.3, 0.4) is 0 Å². The molecule has 0 aromatic heterocycles. The Balaban J connectivity index is 2.22. The first-order chi connectivity index (χ1) is 9.58. The zero-order valence-electron chi connectivity index (χ0n) is 13.2. The van der Waals surface area contributed by atoms with E-state index in [1.807, 2.05) is 0 Å². The number of amides is 2. The highest BCUT2D eigenvalue weighted by Gasteiger charge is 2.25. The molecule has 1 fully saturated rings. The van der Waals surface area contributed by atoms with Crippen LogP contribution >= 0.6 is 0 Å². The summed E-state index contributed by atoms with van der Waals surface area (Å²) in [7, 11) is 2.08. The smallest absolute Gasteiger partial charge is 0.315 e. The molecule has 1 aliphatic rings. The molecule has 3 unspecified atom stereocenters. The Labute approximate surface area is 123 Å². The summed E-state index contributed by atoms with van der Waals surface area (Å²) in [5.74, 6) is 0.220. The summed E-state index contributed by atoms with van der Waals surface area (Å²) in [4.78, 5) is 14.1. The van der Waals surface area contributed by atoms with E-state index in [1.165, 1.54) is 0 Å². The Hall–Kier alpha value is -0.810. The lowest BCUT2D eigenvalue weighted by molar-refractivity contribution is 0.153. The number of hydrogen-bond donors (Lipinski definition) is 3. The first-order valence-electron chi connectivity index (χ1n) is 7.94. The molecule has 5 heteroatoms. The minimum absolute atomic E-state index is 0.104. The molecule has 0 bridgehead atoms. The van der Waals surface area contributed by atoms with Crippen molar-refractivity contribution in [3.8, 4) is 0 Å². The van der Waals surface area contributed by atoms with Gasteiger partial charge in [0.25, 0.3) is 0 Å². The number of carbonyl (C=O) groups is 1. The van der Waals surface area contributed by atoms with Gasteiger partial charge in [0.15, 0.2) is 0 Å². The van der Waals surface area contributed by atoms with Crippen LogP contribution < -0.4 is 10.6 Å². The molecule has 0 saturated heterocycles. The second kappa shape index (κ2) is 9.19. The van der Waals surface area contributed by atoms with E-state index in [2.05, 4.69) is 36.4 Å². The molecule has 1 aliphatic carbocycles. The van der Waals surface area contributed by atoms with Gasteiger partial charge in [-0.05, 0) is 33.2 Å². The largest absolute Gasteiger partial charge is 0.396 e. The molecule has 0 aromatic carbocycles. The van der Waals surface area contributed by atoms with Crippen molar-refractivity contribution in [3.63, 3.8) is 0 Å². The maximum Gasteiger partial charge on any atom is 0.315 e. The van der Waals surface area contributed by atoms with Crippen molar-refractivity contribution >= 4 is 6.03 Å². The summed E-state index contributed by atoms with van der Waals surface area (Å²) in [5.41, 5.74) is 0. The van der Waals surface area contributed by atoms with Crippen molar-refractivity contribution in [2.45, 2.75) is 58.0 Å². The second-order valence-electron chi connectivity index (χ2n) is 5.97. The molecule has 3 atom stereocenters. The van der Waals surface area contributed by atoms with E-state index in [0.717, 1.165) is 38.6 Å². The van der Waals surface area contributed by atoms with Gasteiger partial charge in [0, 0.05) is 37.7 Å². The van der Waals surface area contributed by atoms with Crippen LogP contribution in [0.2, 0.25) is 0 Å². The molecule has 0 heterocycles. The third kappa shape index (κ3) is 5.67. The van der Waals surface area contributed by atoms with Crippen LogP contribution in [-0.4, -0.2) is 54.9 Å². The van der Waals surface area contributed by atoms with Crippen LogP contribution in [0, 0.1) is 5.92 Å². The normalized spacial score (nSPS) is 24.4. The van der Waals surface area contributed by atoms with Gasteiger partial charge in [-0.25, -0.2) is 4.79 Å². The molecular formula is C15H31N3O2. The highest BCUT2D eigenvalue weighted by Crippen LogP contribution is 2.23. The number of rotatable bonds is 7. The lowest BCUT2D eigenvalue weighted by Gasteiger charge is -2.31. The van der Waals surface area contributed by atoms with E-state index < -0.39 is 0 Å². The summed E-state index contributed by atoms with van der Waals surface area (Å²) >= 11 is 0. The lowest BCUT2D eigenvalue weighted by Crippen LogP contribution is -2.49. The van der Waals surface area contributed by atoms with Crippen molar-refractivity contribution in [2.75, 3.05) is 26.7 Å². The number of aliphatic hydroxyl groups excluding tert-OH is 1. The summed E-state index contributed by atoms with van der Waals surface area (Å²) in [6.45, 7) is 6.04. The van der Waals surface area contributed by atoms with Crippen molar-refractivity contribution < 1.29 is 9.90 Å². The summed E-state index contributed by atoms with van der Waals surface area (Å²) in [5, 5.41) is 15.3. The number of urea groups is 1. The number of aliphatic hydroxyl groups is 1. The summed E-state index contributed by atoms with van der Waals surface area (Å²) < 4.78 is 0. The highest BCUT2D eigenvalue weighted by molar-refractivity contribution is 5.74. The summed E-state index contributed by atoms with van der Waals surface area (Å²) in [6.07, 6.45) is 5.40. The van der Waals surface area contributed by atoms with Gasteiger partial charge in [-0.2, -0.15) is 0 Å². The first kappa shape index (κ1) is 17.2. The fourth-order valence-corrected chi connectivity index (χ4v) is 2.71. The van der Waals surface area contributed by atoms with Crippen molar-refractivity contribution in [1.82, 2.24) is 15.5 Å². The number of likely N-dealkylation sites (N-methyl/N-ethyl adjacent to an activating group) is 1. The quantitative estimate of drug-likeness (QED) is 0.665. The van der Waals surface area contributed by atoms with Crippen molar-refractivity contribution in [2.24, 2.45) is 5.92 Å². The monoisotopic (exact) mass is 285 g/mol. The maximum atomic E-state index is 11.9. The molecule has 3 N–H and O–H groups in total. The van der Waals surface area contributed by atoms with Gasteiger partial charge in [0.05, 0.1) is 0 Å². The lowest BCUT2D eigenvalue weighted by atomic mass is 9.85. The van der Waals surface area contributed by atoms with Gasteiger partial charge in [-0.15, -0.1) is 0 Å². The Bertz CT molecular complexity index is 286. The number of carbonyl (C=O) groups excluding carboxylic acids is 1. The molecular weight excluding hydrogens is 254 g/mol. The van der Waals surface area contributed by atoms with E-state index in [-0.39, 0.29) is 24.6 Å². The van der Waals surface area contributed by atoms with Crippen LogP contribution in [0.1, 0.15) is 46.0 Å². The van der Waals surface area contributed by atoms with Crippen LogP contribution in [-0.2, 0) is 0 Å². The van der Waals surface area contributed by atoms with Crippen LogP contribution in [0.5, 0.6) is 0 Å².